The predicted octanol–water partition coefficient (Wildman–Crippen LogP) is 2.72. The van der Waals surface area contributed by atoms with Crippen molar-refractivity contribution in [2.24, 2.45) is 0 Å². The lowest BCUT2D eigenvalue weighted by Gasteiger charge is -2.12. The first-order chi connectivity index (χ1) is 11.4. The molecular weight excluding hydrogens is 316 g/mol. The number of halogens is 2. The molecule has 0 aromatic heterocycles. The van der Waals surface area contributed by atoms with E-state index in [1.54, 1.807) is 38.4 Å². The highest BCUT2D eigenvalue weighted by Gasteiger charge is 2.10. The van der Waals surface area contributed by atoms with E-state index in [-0.39, 0.29) is 18.1 Å². The smallest absolute Gasteiger partial charge is 0.253 e. The van der Waals surface area contributed by atoms with E-state index in [4.69, 9.17) is 0 Å². The molecule has 0 aliphatic heterocycles. The molecule has 2 aromatic rings. The van der Waals surface area contributed by atoms with Gasteiger partial charge in [0.05, 0.1) is 12.2 Å². The number of nitrogens with one attached hydrogen (secondary N) is 2. The first-order valence-corrected chi connectivity index (χ1v) is 7.17. The lowest BCUT2D eigenvalue weighted by atomic mass is 10.2. The Hall–Kier alpha value is -2.96. The highest BCUT2D eigenvalue weighted by atomic mass is 19.1. The molecule has 2 aromatic carbocycles. The zero-order chi connectivity index (χ0) is 17.7. The molecule has 2 N–H and O–H groups in total. The summed E-state index contributed by atoms with van der Waals surface area (Å²) in [6, 6.07) is 9.47. The van der Waals surface area contributed by atoms with Crippen LogP contribution in [0.1, 0.15) is 10.4 Å². The Morgan fingerprint density at radius 1 is 1.08 bits per heavy atom. The standard InChI is InChI=1S/C17H17F2N3O2/c1-22(2)17(24)11-4-3-5-13(8-11)20-10-16(23)21-15-9-12(18)6-7-14(15)19/h3-9,20H,10H2,1-2H3,(H,21,23). The molecule has 24 heavy (non-hydrogen) atoms. The van der Waals surface area contributed by atoms with Gasteiger partial charge in [-0.1, -0.05) is 6.07 Å². The predicted molar refractivity (Wildman–Crippen MR) is 87.9 cm³/mol. The van der Waals surface area contributed by atoms with Crippen molar-refractivity contribution in [3.63, 3.8) is 0 Å². The van der Waals surface area contributed by atoms with E-state index >= 15 is 0 Å². The minimum atomic E-state index is -0.719. The normalized spacial score (nSPS) is 10.2. The fraction of sp³-hybridized carbons (Fsp3) is 0.176. The van der Waals surface area contributed by atoms with Gasteiger partial charge < -0.3 is 15.5 Å². The second kappa shape index (κ2) is 7.54. The molecule has 0 saturated carbocycles. The molecule has 0 saturated heterocycles. The zero-order valence-electron chi connectivity index (χ0n) is 13.3. The van der Waals surface area contributed by atoms with Crippen LogP contribution >= 0.6 is 0 Å². The van der Waals surface area contributed by atoms with Gasteiger partial charge >= 0.3 is 0 Å². The van der Waals surface area contributed by atoms with Gasteiger partial charge in [0.15, 0.2) is 0 Å². The number of rotatable bonds is 5. The molecule has 126 valence electrons. The summed E-state index contributed by atoms with van der Waals surface area (Å²) >= 11 is 0. The van der Waals surface area contributed by atoms with Crippen molar-refractivity contribution in [1.82, 2.24) is 4.90 Å². The van der Waals surface area contributed by atoms with E-state index in [2.05, 4.69) is 10.6 Å². The van der Waals surface area contributed by atoms with E-state index < -0.39 is 17.5 Å². The van der Waals surface area contributed by atoms with Gasteiger partial charge in [0.2, 0.25) is 5.91 Å². The Balaban J connectivity index is 1.98. The average Bonchev–Trinajstić information content (AvgIpc) is 2.56. The third-order valence-electron chi connectivity index (χ3n) is 3.17. The number of anilines is 2. The van der Waals surface area contributed by atoms with E-state index in [1.165, 1.54) is 4.90 Å². The Bertz CT molecular complexity index is 763. The van der Waals surface area contributed by atoms with Crippen molar-refractivity contribution in [2.45, 2.75) is 0 Å². The van der Waals surface area contributed by atoms with Crippen LogP contribution in [0.3, 0.4) is 0 Å². The molecule has 0 radical (unpaired) electrons. The van der Waals surface area contributed by atoms with Crippen LogP contribution in [0.25, 0.3) is 0 Å². The highest BCUT2D eigenvalue weighted by molar-refractivity contribution is 5.96. The topological polar surface area (TPSA) is 61.4 Å². The first-order valence-electron chi connectivity index (χ1n) is 7.17. The van der Waals surface area contributed by atoms with Gasteiger partial charge in [-0.15, -0.1) is 0 Å². The minimum Gasteiger partial charge on any atom is -0.376 e. The van der Waals surface area contributed by atoms with Crippen molar-refractivity contribution in [1.29, 1.82) is 0 Å². The van der Waals surface area contributed by atoms with E-state index in [9.17, 15) is 18.4 Å². The minimum absolute atomic E-state index is 0.157. The summed E-state index contributed by atoms with van der Waals surface area (Å²) in [5.74, 6) is -2.06. The summed E-state index contributed by atoms with van der Waals surface area (Å²) < 4.78 is 26.5. The lowest BCUT2D eigenvalue weighted by Crippen LogP contribution is -2.23. The fourth-order valence-corrected chi connectivity index (χ4v) is 1.99. The van der Waals surface area contributed by atoms with Gasteiger partial charge in [-0.25, -0.2) is 8.78 Å². The van der Waals surface area contributed by atoms with E-state index in [0.29, 0.717) is 11.3 Å². The van der Waals surface area contributed by atoms with Crippen LogP contribution in [0, 0.1) is 11.6 Å². The number of benzene rings is 2. The molecule has 0 unspecified atom stereocenters. The maximum atomic E-state index is 13.5. The average molecular weight is 333 g/mol. The molecule has 0 bridgehead atoms. The molecular formula is C17H17F2N3O2. The van der Waals surface area contributed by atoms with E-state index in [0.717, 1.165) is 18.2 Å². The number of amides is 2. The number of hydrogen-bond acceptors (Lipinski definition) is 3. The Morgan fingerprint density at radius 2 is 1.83 bits per heavy atom. The van der Waals surface area contributed by atoms with Crippen LogP contribution in [0.15, 0.2) is 42.5 Å². The van der Waals surface area contributed by atoms with Gasteiger partial charge in [0.25, 0.3) is 5.91 Å². The highest BCUT2D eigenvalue weighted by Crippen LogP contribution is 2.15. The quantitative estimate of drug-likeness (QED) is 0.884. The molecule has 0 aliphatic rings. The second-order valence-electron chi connectivity index (χ2n) is 5.31. The van der Waals surface area contributed by atoms with Crippen molar-refractivity contribution in [2.75, 3.05) is 31.3 Å². The van der Waals surface area contributed by atoms with Crippen LogP contribution < -0.4 is 10.6 Å². The van der Waals surface area contributed by atoms with Crippen molar-refractivity contribution in [3.05, 3.63) is 59.7 Å². The van der Waals surface area contributed by atoms with Crippen molar-refractivity contribution < 1.29 is 18.4 Å². The van der Waals surface area contributed by atoms with E-state index in [1.807, 2.05) is 0 Å². The zero-order valence-corrected chi connectivity index (χ0v) is 13.3. The molecule has 2 rings (SSSR count). The summed E-state index contributed by atoms with van der Waals surface area (Å²) in [5.41, 5.74) is 0.817. The molecule has 0 heterocycles. The van der Waals surface area contributed by atoms with Gasteiger partial charge in [-0.3, -0.25) is 9.59 Å². The number of hydrogen-bond donors (Lipinski definition) is 2. The number of carbonyl (C=O) groups is 2. The van der Waals surface area contributed by atoms with Crippen LogP contribution in [0.4, 0.5) is 20.2 Å². The first kappa shape index (κ1) is 17.4. The summed E-state index contributed by atoms with van der Waals surface area (Å²) in [6.07, 6.45) is 0. The van der Waals surface area contributed by atoms with Crippen LogP contribution in [-0.2, 0) is 4.79 Å². The third kappa shape index (κ3) is 4.52. The fourth-order valence-electron chi connectivity index (χ4n) is 1.99. The van der Waals surface area contributed by atoms with Crippen LogP contribution in [0.5, 0.6) is 0 Å². The Labute approximate surface area is 138 Å². The van der Waals surface area contributed by atoms with Crippen molar-refractivity contribution >= 4 is 23.2 Å². The van der Waals surface area contributed by atoms with Gasteiger partial charge in [-0.05, 0) is 30.3 Å². The Kier molecular flexibility index (Phi) is 5.47. The van der Waals surface area contributed by atoms with Gasteiger partial charge in [0, 0.05) is 31.4 Å². The molecule has 0 fully saturated rings. The summed E-state index contributed by atoms with van der Waals surface area (Å²) in [7, 11) is 3.28. The molecule has 0 aliphatic carbocycles. The molecule has 0 atom stereocenters. The van der Waals surface area contributed by atoms with Crippen LogP contribution in [0.2, 0.25) is 0 Å². The monoisotopic (exact) mass is 333 g/mol. The molecule has 5 nitrogen and oxygen atoms in total. The summed E-state index contributed by atoms with van der Waals surface area (Å²) in [6.45, 7) is -0.157. The van der Waals surface area contributed by atoms with Crippen LogP contribution in [-0.4, -0.2) is 37.4 Å². The molecule has 0 spiro atoms. The summed E-state index contributed by atoms with van der Waals surface area (Å²) in [5, 5.41) is 5.12. The number of carbonyl (C=O) groups excluding carboxylic acids is 2. The molecule has 7 heteroatoms. The van der Waals surface area contributed by atoms with Gasteiger partial charge in [-0.2, -0.15) is 0 Å². The SMILES string of the molecule is CN(C)C(=O)c1cccc(NCC(=O)Nc2cc(F)ccc2F)c1. The second-order valence-corrected chi connectivity index (χ2v) is 5.31. The molecule has 2 amide bonds. The Morgan fingerprint density at radius 3 is 2.54 bits per heavy atom. The summed E-state index contributed by atoms with van der Waals surface area (Å²) in [4.78, 5) is 25.2. The largest absolute Gasteiger partial charge is 0.376 e. The maximum absolute atomic E-state index is 13.5. The lowest BCUT2D eigenvalue weighted by molar-refractivity contribution is -0.114. The van der Waals surface area contributed by atoms with Gasteiger partial charge in [0.1, 0.15) is 11.6 Å². The maximum Gasteiger partial charge on any atom is 0.253 e. The van der Waals surface area contributed by atoms with Crippen molar-refractivity contribution in [3.8, 4) is 0 Å². The third-order valence-corrected chi connectivity index (χ3v) is 3.17. The number of nitrogens with zero attached hydrogens (tertiary/aromatic N) is 1.